The molecule has 0 saturated carbocycles. The van der Waals surface area contributed by atoms with Gasteiger partial charge in [0.25, 0.3) is 5.91 Å². The van der Waals surface area contributed by atoms with Crippen LogP contribution in [0.2, 0.25) is 0 Å². The maximum absolute atomic E-state index is 13.7. The van der Waals surface area contributed by atoms with Crippen LogP contribution in [0.5, 0.6) is 0 Å². The lowest BCUT2D eigenvalue weighted by Gasteiger charge is -2.19. The second kappa shape index (κ2) is 6.67. The third-order valence-electron chi connectivity index (χ3n) is 3.03. The summed E-state index contributed by atoms with van der Waals surface area (Å²) in [7, 11) is 3.33. The highest BCUT2D eigenvalue weighted by Crippen LogP contribution is 2.20. The van der Waals surface area contributed by atoms with Crippen molar-refractivity contribution in [2.24, 2.45) is 0 Å². The number of carbonyl (C=O) groups is 1. The van der Waals surface area contributed by atoms with Crippen LogP contribution in [-0.2, 0) is 6.54 Å². The second-order valence-corrected chi connectivity index (χ2v) is 5.47. The Kier molecular flexibility index (Phi) is 4.90. The first-order valence-corrected chi connectivity index (χ1v) is 7.14. The average molecular weight is 352 g/mol. The molecule has 0 spiro atoms. The lowest BCUT2D eigenvalue weighted by molar-refractivity contribution is 0.0784. The molecule has 110 valence electrons. The molecule has 4 nitrogen and oxygen atoms in total. The normalized spacial score (nSPS) is 10.3. The van der Waals surface area contributed by atoms with Crippen LogP contribution >= 0.6 is 15.9 Å². The van der Waals surface area contributed by atoms with Gasteiger partial charge >= 0.3 is 0 Å². The topological polar surface area (TPSA) is 45.2 Å². The highest BCUT2D eigenvalue weighted by Gasteiger charge is 2.18. The Labute approximate surface area is 131 Å². The number of halogens is 2. The summed E-state index contributed by atoms with van der Waals surface area (Å²) in [5.41, 5.74) is 0.910. The lowest BCUT2D eigenvalue weighted by Crippen LogP contribution is -2.27. The van der Waals surface area contributed by atoms with E-state index in [9.17, 15) is 9.18 Å². The van der Waals surface area contributed by atoms with Gasteiger partial charge in [0, 0.05) is 36.9 Å². The van der Waals surface area contributed by atoms with E-state index in [1.54, 1.807) is 44.6 Å². The summed E-state index contributed by atoms with van der Waals surface area (Å²) in [5, 5.41) is 2.88. The highest BCUT2D eigenvalue weighted by atomic mass is 79.9. The predicted octanol–water partition coefficient (Wildman–Crippen LogP) is 3.30. The number of aromatic nitrogens is 1. The van der Waals surface area contributed by atoms with E-state index in [-0.39, 0.29) is 18.3 Å². The van der Waals surface area contributed by atoms with Gasteiger partial charge in [-0.1, -0.05) is 18.2 Å². The Morgan fingerprint density at radius 3 is 2.81 bits per heavy atom. The van der Waals surface area contributed by atoms with Crippen LogP contribution in [0, 0.1) is 5.82 Å². The van der Waals surface area contributed by atoms with Gasteiger partial charge < -0.3 is 10.2 Å². The monoisotopic (exact) mass is 351 g/mol. The Hall–Kier alpha value is -1.95. The third kappa shape index (κ3) is 3.58. The second-order valence-electron chi connectivity index (χ2n) is 4.55. The molecule has 0 atom stereocenters. The summed E-state index contributed by atoms with van der Waals surface area (Å²) in [6, 6.07) is 8.11. The molecule has 1 heterocycles. The van der Waals surface area contributed by atoms with Crippen molar-refractivity contribution < 1.29 is 9.18 Å². The Balaban J connectivity index is 2.24. The zero-order valence-corrected chi connectivity index (χ0v) is 13.3. The van der Waals surface area contributed by atoms with Crippen molar-refractivity contribution >= 4 is 27.7 Å². The van der Waals surface area contributed by atoms with Crippen LogP contribution in [0.4, 0.5) is 10.2 Å². The van der Waals surface area contributed by atoms with E-state index >= 15 is 0 Å². The molecular formula is C15H15BrFN3O. The van der Waals surface area contributed by atoms with Crippen LogP contribution in [0.15, 0.2) is 41.0 Å². The number of hydrogen-bond donors (Lipinski definition) is 1. The van der Waals surface area contributed by atoms with Gasteiger partial charge in [-0.2, -0.15) is 0 Å². The van der Waals surface area contributed by atoms with E-state index in [1.807, 2.05) is 0 Å². The SMILES string of the molecule is CNc1ncc(Br)cc1C(=O)N(C)Cc1ccccc1F. The summed E-state index contributed by atoms with van der Waals surface area (Å²) in [6.45, 7) is 0.196. The molecule has 1 aromatic heterocycles. The van der Waals surface area contributed by atoms with E-state index in [2.05, 4.69) is 26.2 Å². The van der Waals surface area contributed by atoms with Gasteiger partial charge in [0.05, 0.1) is 5.56 Å². The molecule has 0 unspecified atom stereocenters. The van der Waals surface area contributed by atoms with Gasteiger partial charge in [0.2, 0.25) is 0 Å². The number of anilines is 1. The summed E-state index contributed by atoms with van der Waals surface area (Å²) in [6.07, 6.45) is 1.61. The van der Waals surface area contributed by atoms with Gasteiger partial charge in [-0.3, -0.25) is 4.79 Å². The van der Waals surface area contributed by atoms with Gasteiger partial charge in [-0.05, 0) is 28.1 Å². The van der Waals surface area contributed by atoms with Crippen molar-refractivity contribution in [1.82, 2.24) is 9.88 Å². The van der Waals surface area contributed by atoms with Crippen molar-refractivity contribution in [2.75, 3.05) is 19.4 Å². The summed E-state index contributed by atoms with van der Waals surface area (Å²) in [4.78, 5) is 18.1. The van der Waals surface area contributed by atoms with E-state index in [1.165, 1.54) is 11.0 Å². The van der Waals surface area contributed by atoms with Crippen LogP contribution in [0.1, 0.15) is 15.9 Å². The largest absolute Gasteiger partial charge is 0.372 e. The number of hydrogen-bond acceptors (Lipinski definition) is 3. The van der Waals surface area contributed by atoms with E-state index < -0.39 is 0 Å². The Morgan fingerprint density at radius 1 is 1.43 bits per heavy atom. The number of nitrogens with zero attached hydrogens (tertiary/aromatic N) is 2. The van der Waals surface area contributed by atoms with Gasteiger partial charge in [0.1, 0.15) is 11.6 Å². The molecule has 0 aliphatic rings. The minimum atomic E-state index is -0.321. The molecule has 0 saturated heterocycles. The van der Waals surface area contributed by atoms with Crippen molar-refractivity contribution in [3.05, 3.63) is 57.9 Å². The molecule has 2 rings (SSSR count). The Morgan fingerprint density at radius 2 is 2.14 bits per heavy atom. The van der Waals surface area contributed by atoms with Crippen molar-refractivity contribution in [3.63, 3.8) is 0 Å². The van der Waals surface area contributed by atoms with Crippen molar-refractivity contribution in [3.8, 4) is 0 Å². The first kappa shape index (κ1) is 15.4. The smallest absolute Gasteiger partial charge is 0.257 e. The molecule has 1 amide bonds. The van der Waals surface area contributed by atoms with Crippen molar-refractivity contribution in [2.45, 2.75) is 6.54 Å². The summed E-state index contributed by atoms with van der Waals surface area (Å²) < 4.78 is 14.4. The fourth-order valence-corrected chi connectivity index (χ4v) is 2.29. The Bertz CT molecular complexity index is 663. The molecule has 6 heteroatoms. The summed E-state index contributed by atoms with van der Waals surface area (Å²) >= 11 is 3.30. The molecule has 0 fully saturated rings. The van der Waals surface area contributed by atoms with E-state index in [0.29, 0.717) is 21.4 Å². The standard InChI is InChI=1S/C15H15BrFN3O/c1-18-14-12(7-11(16)8-19-14)15(21)20(2)9-10-5-3-4-6-13(10)17/h3-8H,9H2,1-2H3,(H,18,19). The van der Waals surface area contributed by atoms with Crippen LogP contribution < -0.4 is 5.32 Å². The number of benzene rings is 1. The quantitative estimate of drug-likeness (QED) is 0.919. The molecule has 1 aromatic carbocycles. The number of pyridine rings is 1. The van der Waals surface area contributed by atoms with Crippen LogP contribution in [0.3, 0.4) is 0 Å². The lowest BCUT2D eigenvalue weighted by atomic mass is 10.1. The molecular weight excluding hydrogens is 337 g/mol. The maximum Gasteiger partial charge on any atom is 0.257 e. The third-order valence-corrected chi connectivity index (χ3v) is 3.47. The predicted molar refractivity (Wildman–Crippen MR) is 83.7 cm³/mol. The molecule has 0 aliphatic heterocycles. The number of carbonyl (C=O) groups excluding carboxylic acids is 1. The minimum absolute atomic E-state index is 0.196. The zero-order chi connectivity index (χ0) is 15.4. The number of rotatable bonds is 4. The fourth-order valence-electron chi connectivity index (χ4n) is 1.96. The van der Waals surface area contributed by atoms with Crippen LogP contribution in [-0.4, -0.2) is 29.9 Å². The van der Waals surface area contributed by atoms with Crippen LogP contribution in [0.25, 0.3) is 0 Å². The molecule has 2 aromatic rings. The summed E-state index contributed by atoms with van der Waals surface area (Å²) in [5.74, 6) is -0.0571. The first-order chi connectivity index (χ1) is 10.0. The maximum atomic E-state index is 13.7. The molecule has 0 bridgehead atoms. The van der Waals surface area contributed by atoms with E-state index in [0.717, 1.165) is 0 Å². The van der Waals surface area contributed by atoms with E-state index in [4.69, 9.17) is 0 Å². The van der Waals surface area contributed by atoms with Gasteiger partial charge in [0.15, 0.2) is 0 Å². The molecule has 0 aliphatic carbocycles. The number of nitrogens with one attached hydrogen (secondary N) is 1. The first-order valence-electron chi connectivity index (χ1n) is 6.35. The van der Waals surface area contributed by atoms with Gasteiger partial charge in [-0.25, -0.2) is 9.37 Å². The minimum Gasteiger partial charge on any atom is -0.372 e. The fraction of sp³-hybridized carbons (Fsp3) is 0.200. The molecule has 21 heavy (non-hydrogen) atoms. The van der Waals surface area contributed by atoms with Crippen molar-refractivity contribution in [1.29, 1.82) is 0 Å². The zero-order valence-electron chi connectivity index (χ0n) is 11.7. The average Bonchev–Trinajstić information content (AvgIpc) is 2.48. The molecule has 0 radical (unpaired) electrons. The highest BCUT2D eigenvalue weighted by molar-refractivity contribution is 9.10. The number of amides is 1. The molecule has 1 N–H and O–H groups in total. The van der Waals surface area contributed by atoms with Gasteiger partial charge in [-0.15, -0.1) is 0 Å².